The molecule has 1 heterocycles. The first-order valence-corrected chi connectivity index (χ1v) is 5.31. The van der Waals surface area contributed by atoms with Crippen LogP contribution in [0.15, 0.2) is 28.7 Å². The summed E-state index contributed by atoms with van der Waals surface area (Å²) in [7, 11) is 1.45. The highest BCUT2D eigenvalue weighted by Gasteiger charge is 2.38. The first-order valence-electron chi connectivity index (χ1n) is 4.93. The van der Waals surface area contributed by atoms with Gasteiger partial charge in [0, 0.05) is 17.6 Å². The normalized spacial score (nSPS) is 11.6. The van der Waals surface area contributed by atoms with Gasteiger partial charge in [-0.2, -0.15) is 13.2 Å². The van der Waals surface area contributed by atoms with Gasteiger partial charge < -0.3 is 9.73 Å². The van der Waals surface area contributed by atoms with Crippen molar-refractivity contribution < 1.29 is 17.6 Å². The van der Waals surface area contributed by atoms with E-state index >= 15 is 0 Å². The second-order valence-electron chi connectivity index (χ2n) is 3.45. The number of rotatable bonds is 2. The third-order valence-corrected chi connectivity index (χ3v) is 2.43. The summed E-state index contributed by atoms with van der Waals surface area (Å²) < 4.78 is 42.1. The van der Waals surface area contributed by atoms with Crippen molar-refractivity contribution in [3.8, 4) is 11.3 Å². The van der Waals surface area contributed by atoms with Gasteiger partial charge in [0.1, 0.15) is 5.69 Å². The molecule has 0 fully saturated rings. The van der Waals surface area contributed by atoms with E-state index in [1.165, 1.54) is 13.1 Å². The molecule has 1 N–H and O–H groups in total. The topological polar surface area (TPSA) is 38.1 Å². The zero-order chi connectivity index (χ0) is 13.3. The lowest BCUT2D eigenvalue weighted by atomic mass is 10.1. The molecular formula is C11H8ClF3N2O. The van der Waals surface area contributed by atoms with E-state index in [1.54, 1.807) is 18.2 Å². The molecule has 0 radical (unpaired) electrons. The molecule has 0 amide bonds. The summed E-state index contributed by atoms with van der Waals surface area (Å²) in [4.78, 5) is 3.45. The quantitative estimate of drug-likeness (QED) is 0.899. The minimum Gasteiger partial charge on any atom is -0.416 e. The number of anilines is 1. The predicted octanol–water partition coefficient (Wildman–Crippen LogP) is 4.06. The van der Waals surface area contributed by atoms with Crippen LogP contribution in [0.1, 0.15) is 5.89 Å². The number of alkyl halides is 3. The standard InChI is InChI=1S/C11H8ClF3N2O/c1-16-9-8(6-3-2-4-7(12)5-6)17-10(18-9)11(13,14)15/h2-5,16H,1H3. The molecule has 0 spiro atoms. The maximum absolute atomic E-state index is 12.5. The van der Waals surface area contributed by atoms with Gasteiger partial charge in [0.2, 0.25) is 5.88 Å². The molecule has 2 rings (SSSR count). The van der Waals surface area contributed by atoms with E-state index in [1.807, 2.05) is 0 Å². The Bertz CT molecular complexity index is 566. The molecule has 0 unspecified atom stereocenters. The van der Waals surface area contributed by atoms with Crippen LogP contribution in [0.25, 0.3) is 11.3 Å². The number of aromatic nitrogens is 1. The second kappa shape index (κ2) is 4.53. The van der Waals surface area contributed by atoms with E-state index in [0.717, 1.165) is 0 Å². The van der Waals surface area contributed by atoms with Crippen molar-refractivity contribution in [1.82, 2.24) is 4.98 Å². The van der Waals surface area contributed by atoms with Gasteiger partial charge in [-0.25, -0.2) is 4.98 Å². The molecule has 0 aliphatic carbocycles. The molecule has 3 nitrogen and oxygen atoms in total. The summed E-state index contributed by atoms with van der Waals surface area (Å²) in [5, 5.41) is 2.94. The molecular weight excluding hydrogens is 269 g/mol. The summed E-state index contributed by atoms with van der Waals surface area (Å²) in [5.74, 6) is -1.34. The highest BCUT2D eigenvalue weighted by Crippen LogP contribution is 2.36. The molecule has 7 heteroatoms. The molecule has 0 aliphatic rings. The predicted molar refractivity (Wildman–Crippen MR) is 61.5 cm³/mol. The average Bonchev–Trinajstić information content (AvgIpc) is 2.72. The molecule has 0 saturated heterocycles. The first-order chi connectivity index (χ1) is 8.41. The smallest absolute Gasteiger partial charge is 0.416 e. The molecule has 2 aromatic rings. The number of nitrogens with one attached hydrogen (secondary N) is 1. The average molecular weight is 277 g/mol. The largest absolute Gasteiger partial charge is 0.469 e. The van der Waals surface area contributed by atoms with Gasteiger partial charge in [0.25, 0.3) is 0 Å². The third kappa shape index (κ3) is 2.43. The fourth-order valence-corrected chi connectivity index (χ4v) is 1.63. The number of hydrogen-bond acceptors (Lipinski definition) is 3. The Hall–Kier alpha value is -1.69. The van der Waals surface area contributed by atoms with Crippen LogP contribution in [0.4, 0.5) is 19.1 Å². The van der Waals surface area contributed by atoms with E-state index in [4.69, 9.17) is 11.6 Å². The van der Waals surface area contributed by atoms with E-state index < -0.39 is 12.1 Å². The monoisotopic (exact) mass is 276 g/mol. The zero-order valence-corrected chi connectivity index (χ0v) is 9.93. The van der Waals surface area contributed by atoms with Crippen LogP contribution in [0.2, 0.25) is 5.02 Å². The summed E-state index contributed by atoms with van der Waals surface area (Å²) in [5.41, 5.74) is 0.526. The molecule has 0 saturated carbocycles. The van der Waals surface area contributed by atoms with E-state index in [9.17, 15) is 13.2 Å². The Morgan fingerprint density at radius 3 is 2.61 bits per heavy atom. The minimum atomic E-state index is -4.62. The summed E-state index contributed by atoms with van der Waals surface area (Å²) >= 11 is 5.79. The van der Waals surface area contributed by atoms with Crippen LogP contribution in [0.5, 0.6) is 0 Å². The highest BCUT2D eigenvalue weighted by atomic mass is 35.5. The maximum Gasteiger partial charge on any atom is 0.469 e. The maximum atomic E-state index is 12.5. The lowest BCUT2D eigenvalue weighted by Crippen LogP contribution is -2.04. The molecule has 1 aromatic heterocycles. The Kier molecular flexibility index (Phi) is 3.21. The van der Waals surface area contributed by atoms with Crippen molar-refractivity contribution in [3.05, 3.63) is 35.2 Å². The third-order valence-electron chi connectivity index (χ3n) is 2.19. The Morgan fingerprint density at radius 2 is 2.06 bits per heavy atom. The fraction of sp³-hybridized carbons (Fsp3) is 0.182. The summed E-state index contributed by atoms with van der Waals surface area (Å²) in [6.45, 7) is 0. The fourth-order valence-electron chi connectivity index (χ4n) is 1.44. The van der Waals surface area contributed by atoms with Crippen LogP contribution in [0, 0.1) is 0 Å². The molecule has 0 aliphatic heterocycles. The Balaban J connectivity index is 2.54. The number of hydrogen-bond donors (Lipinski definition) is 1. The summed E-state index contributed by atoms with van der Waals surface area (Å²) in [6.07, 6.45) is -4.62. The van der Waals surface area contributed by atoms with Crippen LogP contribution in [0.3, 0.4) is 0 Å². The lowest BCUT2D eigenvalue weighted by Gasteiger charge is -1.99. The van der Waals surface area contributed by atoms with Gasteiger partial charge in [-0.3, -0.25) is 0 Å². The van der Waals surface area contributed by atoms with Gasteiger partial charge in [0.05, 0.1) is 0 Å². The number of oxazole rings is 1. The van der Waals surface area contributed by atoms with Gasteiger partial charge in [0.15, 0.2) is 0 Å². The van der Waals surface area contributed by atoms with Crippen LogP contribution in [-0.2, 0) is 6.18 Å². The highest BCUT2D eigenvalue weighted by molar-refractivity contribution is 6.30. The van der Waals surface area contributed by atoms with E-state index in [2.05, 4.69) is 14.7 Å². The minimum absolute atomic E-state index is 0.0513. The first kappa shape index (κ1) is 12.8. The Labute approximate surface area is 106 Å². The number of halogens is 4. The van der Waals surface area contributed by atoms with Crippen LogP contribution < -0.4 is 5.32 Å². The van der Waals surface area contributed by atoms with Crippen molar-refractivity contribution in [2.24, 2.45) is 0 Å². The van der Waals surface area contributed by atoms with Gasteiger partial charge in [-0.1, -0.05) is 23.7 Å². The van der Waals surface area contributed by atoms with E-state index in [-0.39, 0.29) is 11.6 Å². The lowest BCUT2D eigenvalue weighted by molar-refractivity contribution is -0.156. The second-order valence-corrected chi connectivity index (χ2v) is 3.89. The van der Waals surface area contributed by atoms with Crippen LogP contribution in [-0.4, -0.2) is 12.0 Å². The molecule has 0 bridgehead atoms. The van der Waals surface area contributed by atoms with E-state index in [0.29, 0.717) is 10.6 Å². The SMILES string of the molecule is CNc1oc(C(F)(F)F)nc1-c1cccc(Cl)c1. The molecule has 18 heavy (non-hydrogen) atoms. The van der Waals surface area contributed by atoms with Gasteiger partial charge >= 0.3 is 12.1 Å². The van der Waals surface area contributed by atoms with Gasteiger partial charge in [-0.15, -0.1) is 0 Å². The Morgan fingerprint density at radius 1 is 1.33 bits per heavy atom. The molecule has 96 valence electrons. The zero-order valence-electron chi connectivity index (χ0n) is 9.18. The van der Waals surface area contributed by atoms with Crippen molar-refractivity contribution >= 4 is 17.5 Å². The van der Waals surface area contributed by atoms with Crippen molar-refractivity contribution in [2.75, 3.05) is 12.4 Å². The molecule has 1 aromatic carbocycles. The van der Waals surface area contributed by atoms with Crippen LogP contribution >= 0.6 is 11.6 Å². The molecule has 0 atom stereocenters. The number of nitrogens with zero attached hydrogens (tertiary/aromatic N) is 1. The van der Waals surface area contributed by atoms with Crippen molar-refractivity contribution in [1.29, 1.82) is 0 Å². The van der Waals surface area contributed by atoms with Gasteiger partial charge in [-0.05, 0) is 12.1 Å². The van der Waals surface area contributed by atoms with Crippen molar-refractivity contribution in [2.45, 2.75) is 6.18 Å². The summed E-state index contributed by atoms with van der Waals surface area (Å²) in [6, 6.07) is 6.36. The van der Waals surface area contributed by atoms with Crippen molar-refractivity contribution in [3.63, 3.8) is 0 Å². The number of benzene rings is 1.